The average molecular weight is 425 g/mol. The van der Waals surface area contributed by atoms with Gasteiger partial charge in [-0.05, 0) is 36.4 Å². The van der Waals surface area contributed by atoms with Crippen molar-refractivity contribution >= 4 is 17.3 Å². The van der Waals surface area contributed by atoms with Gasteiger partial charge in [-0.1, -0.05) is 5.22 Å². The van der Waals surface area contributed by atoms with E-state index in [4.69, 9.17) is 10.5 Å². The fraction of sp³-hybridized carbons (Fsp3) is 0.167. The molecule has 0 aliphatic rings. The predicted octanol–water partition coefficient (Wildman–Crippen LogP) is 5.52. The molecule has 2 aromatic carbocycles. The zero-order valence-corrected chi connectivity index (χ0v) is 14.9. The van der Waals surface area contributed by atoms with Gasteiger partial charge in [0.15, 0.2) is 0 Å². The van der Waals surface area contributed by atoms with Gasteiger partial charge in [-0.25, -0.2) is 0 Å². The van der Waals surface area contributed by atoms with Crippen molar-refractivity contribution in [3.63, 3.8) is 0 Å². The van der Waals surface area contributed by atoms with Gasteiger partial charge in [0.2, 0.25) is 5.91 Å². The molecule has 0 aromatic heterocycles. The van der Waals surface area contributed by atoms with Crippen molar-refractivity contribution in [3.05, 3.63) is 58.7 Å². The third kappa shape index (κ3) is 4.91. The maximum Gasteiger partial charge on any atom is 0.416 e. The molecule has 0 aliphatic carbocycles. The van der Waals surface area contributed by atoms with Gasteiger partial charge < -0.3 is 0 Å². The summed E-state index contributed by atoms with van der Waals surface area (Å²) >= 11 is 0. The number of nitriles is 2. The quantitative estimate of drug-likeness (QED) is 0.368. The molecule has 0 radical (unpaired) electrons. The summed E-state index contributed by atoms with van der Waals surface area (Å²) in [5.41, 5.74) is -3.90. The van der Waals surface area contributed by atoms with Crippen LogP contribution in [0.25, 0.3) is 0 Å². The van der Waals surface area contributed by atoms with E-state index in [1.807, 2.05) is 0 Å². The standard InChI is InChI=1S/C18H9F6N5O/c1-10(30)29(16-5-3-14(18(22,23)24)7-12(16)9-26)28-27-15-4-2-13(17(19,20)21)6-11(15)8-25/h2-7H,1H3/b28-27+. The molecule has 2 aromatic rings. The van der Waals surface area contributed by atoms with E-state index in [9.17, 15) is 31.1 Å². The Balaban J connectivity index is 2.50. The van der Waals surface area contributed by atoms with Crippen molar-refractivity contribution in [1.29, 1.82) is 10.5 Å². The number of rotatable bonds is 3. The zero-order valence-electron chi connectivity index (χ0n) is 14.9. The first kappa shape index (κ1) is 22.4. The minimum Gasteiger partial charge on any atom is -0.273 e. The Morgan fingerprint density at radius 1 is 0.900 bits per heavy atom. The van der Waals surface area contributed by atoms with Crippen LogP contribution in [-0.4, -0.2) is 5.91 Å². The second-order valence-electron chi connectivity index (χ2n) is 5.70. The van der Waals surface area contributed by atoms with Crippen LogP contribution in [-0.2, 0) is 17.1 Å². The SMILES string of the molecule is CC(=O)N(/N=N/c1ccc(C(F)(F)F)cc1C#N)c1ccc(C(F)(F)F)cc1C#N. The highest BCUT2D eigenvalue weighted by Crippen LogP contribution is 2.34. The lowest BCUT2D eigenvalue weighted by Crippen LogP contribution is -2.23. The third-order valence-corrected chi connectivity index (χ3v) is 3.66. The van der Waals surface area contributed by atoms with E-state index in [2.05, 4.69) is 10.3 Å². The van der Waals surface area contributed by atoms with Crippen LogP contribution in [0.5, 0.6) is 0 Å². The van der Waals surface area contributed by atoms with Crippen LogP contribution in [0.2, 0.25) is 0 Å². The Hall–Kier alpha value is -3.93. The highest BCUT2D eigenvalue weighted by atomic mass is 19.4. The molecule has 0 fully saturated rings. The molecule has 2 rings (SSSR count). The minimum absolute atomic E-state index is 0.317. The predicted molar refractivity (Wildman–Crippen MR) is 90.0 cm³/mol. The Morgan fingerprint density at radius 3 is 1.87 bits per heavy atom. The molecule has 0 bridgehead atoms. The van der Waals surface area contributed by atoms with E-state index in [0.717, 1.165) is 19.1 Å². The van der Waals surface area contributed by atoms with E-state index in [1.165, 1.54) is 12.1 Å². The highest BCUT2D eigenvalue weighted by Gasteiger charge is 2.32. The molecule has 0 heterocycles. The first-order valence-corrected chi connectivity index (χ1v) is 7.83. The van der Waals surface area contributed by atoms with E-state index < -0.39 is 40.5 Å². The van der Waals surface area contributed by atoms with Crippen molar-refractivity contribution in [3.8, 4) is 12.1 Å². The number of carbonyl (C=O) groups excluding carboxylic acids is 1. The van der Waals surface area contributed by atoms with Crippen LogP contribution >= 0.6 is 0 Å². The van der Waals surface area contributed by atoms with Gasteiger partial charge in [-0.2, -0.15) is 41.9 Å². The van der Waals surface area contributed by atoms with Gasteiger partial charge in [0, 0.05) is 6.92 Å². The summed E-state index contributed by atoms with van der Waals surface area (Å²) in [6.07, 6.45) is -9.43. The molecule has 6 nitrogen and oxygen atoms in total. The van der Waals surface area contributed by atoms with Gasteiger partial charge in [0.25, 0.3) is 0 Å². The van der Waals surface area contributed by atoms with Crippen molar-refractivity contribution in [2.45, 2.75) is 19.3 Å². The van der Waals surface area contributed by atoms with Gasteiger partial charge in [0.1, 0.15) is 17.8 Å². The second-order valence-corrected chi connectivity index (χ2v) is 5.70. The number of nitrogens with zero attached hydrogens (tertiary/aromatic N) is 5. The fourth-order valence-electron chi connectivity index (χ4n) is 2.25. The van der Waals surface area contributed by atoms with Gasteiger partial charge in [-0.3, -0.25) is 4.79 Å². The molecule has 30 heavy (non-hydrogen) atoms. The van der Waals surface area contributed by atoms with Crippen molar-refractivity contribution in [2.24, 2.45) is 10.3 Å². The number of carbonyl (C=O) groups is 1. The molecule has 1 amide bonds. The summed E-state index contributed by atoms with van der Waals surface area (Å²) in [6.45, 7) is 0.982. The first-order chi connectivity index (χ1) is 13.9. The first-order valence-electron chi connectivity index (χ1n) is 7.83. The maximum atomic E-state index is 12.8. The smallest absolute Gasteiger partial charge is 0.273 e. The van der Waals surface area contributed by atoms with Gasteiger partial charge in [0.05, 0.1) is 27.9 Å². The molecule has 0 saturated heterocycles. The maximum absolute atomic E-state index is 12.8. The summed E-state index contributed by atoms with van der Waals surface area (Å²) < 4.78 is 76.7. The van der Waals surface area contributed by atoms with Crippen molar-refractivity contribution in [2.75, 3.05) is 5.01 Å². The fourth-order valence-corrected chi connectivity index (χ4v) is 2.25. The Morgan fingerprint density at radius 2 is 1.40 bits per heavy atom. The molecular formula is C18H9F6N5O. The van der Waals surface area contributed by atoms with Gasteiger partial charge >= 0.3 is 12.4 Å². The van der Waals surface area contributed by atoms with Crippen LogP contribution in [0.4, 0.5) is 37.7 Å². The Kier molecular flexibility index (Phi) is 6.12. The van der Waals surface area contributed by atoms with E-state index in [-0.39, 0.29) is 11.4 Å². The number of anilines is 1. The largest absolute Gasteiger partial charge is 0.416 e. The van der Waals surface area contributed by atoms with Crippen molar-refractivity contribution < 1.29 is 31.1 Å². The number of hydrogen-bond acceptors (Lipinski definition) is 5. The second kappa shape index (κ2) is 8.21. The number of benzene rings is 2. The zero-order chi connectivity index (χ0) is 22.7. The number of halogens is 6. The summed E-state index contributed by atoms with van der Waals surface area (Å²) in [5.74, 6) is -0.847. The topological polar surface area (TPSA) is 92.6 Å². The summed E-state index contributed by atoms with van der Waals surface area (Å²) in [4.78, 5) is 11.9. The average Bonchev–Trinajstić information content (AvgIpc) is 2.66. The van der Waals surface area contributed by atoms with Crippen LogP contribution in [0, 0.1) is 22.7 Å². The lowest BCUT2D eigenvalue weighted by molar-refractivity contribution is -0.138. The molecular weight excluding hydrogens is 416 g/mol. The lowest BCUT2D eigenvalue weighted by Gasteiger charge is -2.16. The highest BCUT2D eigenvalue weighted by molar-refractivity contribution is 5.92. The van der Waals surface area contributed by atoms with Crippen molar-refractivity contribution in [1.82, 2.24) is 0 Å². The van der Waals surface area contributed by atoms with E-state index >= 15 is 0 Å². The minimum atomic E-state index is -4.73. The molecule has 154 valence electrons. The van der Waals surface area contributed by atoms with Crippen LogP contribution < -0.4 is 5.01 Å². The molecule has 0 N–H and O–H groups in total. The normalized spacial score (nSPS) is 11.8. The number of alkyl halides is 6. The molecule has 0 unspecified atom stereocenters. The molecule has 0 spiro atoms. The van der Waals surface area contributed by atoms with E-state index in [0.29, 0.717) is 29.3 Å². The number of hydrogen-bond donors (Lipinski definition) is 0. The Labute approximate surface area is 165 Å². The Bertz CT molecular complexity index is 1090. The monoisotopic (exact) mass is 425 g/mol. The lowest BCUT2D eigenvalue weighted by atomic mass is 10.1. The summed E-state index contributed by atoms with van der Waals surface area (Å²) in [5, 5.41) is 25.7. The van der Waals surface area contributed by atoms with Crippen LogP contribution in [0.3, 0.4) is 0 Å². The third-order valence-electron chi connectivity index (χ3n) is 3.66. The molecule has 0 saturated carbocycles. The summed E-state index contributed by atoms with van der Waals surface area (Å²) in [7, 11) is 0. The number of amides is 1. The van der Waals surface area contributed by atoms with Gasteiger partial charge in [-0.15, -0.1) is 5.11 Å². The van der Waals surface area contributed by atoms with Crippen LogP contribution in [0.1, 0.15) is 29.2 Å². The molecule has 0 aliphatic heterocycles. The summed E-state index contributed by atoms with van der Waals surface area (Å²) in [6, 6.07) is 7.03. The molecule has 0 atom stereocenters. The van der Waals surface area contributed by atoms with Crippen LogP contribution in [0.15, 0.2) is 46.7 Å². The molecule has 12 heteroatoms. The van der Waals surface area contributed by atoms with E-state index in [1.54, 1.807) is 0 Å².